The van der Waals surface area contributed by atoms with Gasteiger partial charge < -0.3 is 11.1 Å². The van der Waals surface area contributed by atoms with Crippen LogP contribution >= 0.6 is 0 Å². The quantitative estimate of drug-likeness (QED) is 0.673. The summed E-state index contributed by atoms with van der Waals surface area (Å²) in [5, 5.41) is 3.58. The monoisotopic (exact) mass is 170 g/mol. The van der Waals surface area contributed by atoms with E-state index in [1.54, 1.807) is 0 Å². The normalized spacial score (nSPS) is 35.0. The van der Waals surface area contributed by atoms with Gasteiger partial charge in [-0.25, -0.2) is 0 Å². The molecular formula is C10H22N2. The molecule has 1 fully saturated rings. The number of nitrogens with one attached hydrogen (secondary N) is 1. The summed E-state index contributed by atoms with van der Waals surface area (Å²) in [7, 11) is 0. The maximum atomic E-state index is 5.79. The van der Waals surface area contributed by atoms with Gasteiger partial charge in [0.25, 0.3) is 0 Å². The standard InChI is InChI=1S/C10H22N2/c1-7-4-5-10(6-7)12-9(3)8(2)11/h7-10,12H,4-6,11H2,1-3H3. The highest BCUT2D eigenvalue weighted by Gasteiger charge is 2.22. The molecule has 0 aromatic carbocycles. The average Bonchev–Trinajstić information content (AvgIpc) is 2.35. The SMILES string of the molecule is CC1CCC(NC(C)C(C)N)C1. The van der Waals surface area contributed by atoms with Crippen molar-refractivity contribution < 1.29 is 0 Å². The van der Waals surface area contributed by atoms with E-state index < -0.39 is 0 Å². The first-order valence-electron chi connectivity index (χ1n) is 5.11. The molecule has 1 aliphatic rings. The van der Waals surface area contributed by atoms with Crippen molar-refractivity contribution in [2.24, 2.45) is 11.7 Å². The van der Waals surface area contributed by atoms with Crippen LogP contribution in [0.1, 0.15) is 40.0 Å². The minimum absolute atomic E-state index is 0.265. The second-order valence-corrected chi connectivity index (χ2v) is 4.43. The van der Waals surface area contributed by atoms with Crippen molar-refractivity contribution >= 4 is 0 Å². The summed E-state index contributed by atoms with van der Waals surface area (Å²) < 4.78 is 0. The summed E-state index contributed by atoms with van der Waals surface area (Å²) in [6.07, 6.45) is 4.04. The Labute approximate surface area is 75.9 Å². The first-order chi connectivity index (χ1) is 5.59. The van der Waals surface area contributed by atoms with Gasteiger partial charge in [-0.15, -0.1) is 0 Å². The van der Waals surface area contributed by atoms with Gasteiger partial charge in [0.15, 0.2) is 0 Å². The Morgan fingerprint density at radius 1 is 1.33 bits per heavy atom. The van der Waals surface area contributed by atoms with E-state index in [4.69, 9.17) is 5.73 Å². The predicted molar refractivity (Wildman–Crippen MR) is 53.1 cm³/mol. The number of hydrogen-bond acceptors (Lipinski definition) is 2. The summed E-state index contributed by atoms with van der Waals surface area (Å²) in [5.74, 6) is 0.905. The zero-order chi connectivity index (χ0) is 9.14. The van der Waals surface area contributed by atoms with Crippen LogP contribution in [0.5, 0.6) is 0 Å². The maximum Gasteiger partial charge on any atom is 0.0190 e. The van der Waals surface area contributed by atoms with Crippen LogP contribution in [-0.4, -0.2) is 18.1 Å². The highest BCUT2D eigenvalue weighted by Crippen LogP contribution is 2.24. The van der Waals surface area contributed by atoms with Crippen LogP contribution < -0.4 is 11.1 Å². The Hall–Kier alpha value is -0.0800. The molecule has 2 heteroatoms. The van der Waals surface area contributed by atoms with Gasteiger partial charge in [0.05, 0.1) is 0 Å². The van der Waals surface area contributed by atoms with Gasteiger partial charge in [-0.05, 0) is 39.0 Å². The van der Waals surface area contributed by atoms with Crippen molar-refractivity contribution in [3.8, 4) is 0 Å². The van der Waals surface area contributed by atoms with E-state index >= 15 is 0 Å². The Balaban J connectivity index is 2.23. The lowest BCUT2D eigenvalue weighted by atomic mass is 10.1. The molecule has 1 rings (SSSR count). The first-order valence-corrected chi connectivity index (χ1v) is 5.11. The summed E-state index contributed by atoms with van der Waals surface area (Å²) in [6, 6.07) is 1.45. The smallest absolute Gasteiger partial charge is 0.0190 e. The number of rotatable bonds is 3. The summed E-state index contributed by atoms with van der Waals surface area (Å²) in [4.78, 5) is 0. The lowest BCUT2D eigenvalue weighted by molar-refractivity contribution is 0.403. The van der Waals surface area contributed by atoms with E-state index in [-0.39, 0.29) is 6.04 Å². The number of nitrogens with two attached hydrogens (primary N) is 1. The zero-order valence-corrected chi connectivity index (χ0v) is 8.51. The molecule has 0 saturated heterocycles. The van der Waals surface area contributed by atoms with Crippen LogP contribution in [-0.2, 0) is 0 Å². The largest absolute Gasteiger partial charge is 0.327 e. The topological polar surface area (TPSA) is 38.0 Å². The second kappa shape index (κ2) is 4.24. The molecule has 12 heavy (non-hydrogen) atoms. The minimum atomic E-state index is 0.265. The van der Waals surface area contributed by atoms with E-state index in [2.05, 4.69) is 26.1 Å². The molecule has 0 bridgehead atoms. The maximum absolute atomic E-state index is 5.79. The van der Waals surface area contributed by atoms with Crippen LogP contribution in [0.15, 0.2) is 0 Å². The Bertz CT molecular complexity index is 134. The van der Waals surface area contributed by atoms with Crippen LogP contribution in [0.4, 0.5) is 0 Å². The molecule has 4 atom stereocenters. The van der Waals surface area contributed by atoms with E-state index in [0.717, 1.165) is 12.0 Å². The van der Waals surface area contributed by atoms with Gasteiger partial charge in [0.2, 0.25) is 0 Å². The van der Waals surface area contributed by atoms with Crippen LogP contribution in [0, 0.1) is 5.92 Å². The van der Waals surface area contributed by atoms with Crippen molar-refractivity contribution in [3.05, 3.63) is 0 Å². The summed E-state index contributed by atoms with van der Waals surface area (Å²) in [6.45, 7) is 6.57. The molecule has 2 nitrogen and oxygen atoms in total. The Morgan fingerprint density at radius 3 is 2.42 bits per heavy atom. The fraction of sp³-hybridized carbons (Fsp3) is 1.00. The van der Waals surface area contributed by atoms with Crippen molar-refractivity contribution in [1.29, 1.82) is 0 Å². The van der Waals surface area contributed by atoms with E-state index in [0.29, 0.717) is 6.04 Å². The molecule has 0 radical (unpaired) electrons. The third-order valence-electron chi connectivity index (χ3n) is 2.98. The van der Waals surface area contributed by atoms with Crippen LogP contribution in [0.2, 0.25) is 0 Å². The molecule has 0 amide bonds. The fourth-order valence-electron chi connectivity index (χ4n) is 1.88. The minimum Gasteiger partial charge on any atom is -0.327 e. The summed E-state index contributed by atoms with van der Waals surface area (Å²) in [5.41, 5.74) is 5.79. The molecule has 0 aliphatic heterocycles. The molecule has 0 aromatic rings. The first kappa shape index (κ1) is 10.0. The molecular weight excluding hydrogens is 148 g/mol. The molecule has 4 unspecified atom stereocenters. The third-order valence-corrected chi connectivity index (χ3v) is 2.98. The lowest BCUT2D eigenvalue weighted by Gasteiger charge is -2.22. The van der Waals surface area contributed by atoms with Gasteiger partial charge in [-0.1, -0.05) is 6.92 Å². The summed E-state index contributed by atoms with van der Waals surface area (Å²) >= 11 is 0. The van der Waals surface area contributed by atoms with Gasteiger partial charge in [-0.3, -0.25) is 0 Å². The molecule has 72 valence electrons. The molecule has 0 aromatic heterocycles. The Kier molecular flexibility index (Phi) is 3.53. The molecule has 3 N–H and O–H groups in total. The predicted octanol–water partition coefficient (Wildman–Crippen LogP) is 1.50. The highest BCUT2D eigenvalue weighted by molar-refractivity contribution is 4.82. The van der Waals surface area contributed by atoms with Gasteiger partial charge in [-0.2, -0.15) is 0 Å². The molecule has 0 heterocycles. The third kappa shape index (κ3) is 2.76. The van der Waals surface area contributed by atoms with E-state index in [9.17, 15) is 0 Å². The number of hydrogen-bond donors (Lipinski definition) is 2. The Morgan fingerprint density at radius 2 is 2.00 bits per heavy atom. The van der Waals surface area contributed by atoms with E-state index in [1.807, 2.05) is 0 Å². The van der Waals surface area contributed by atoms with Crippen LogP contribution in [0.25, 0.3) is 0 Å². The second-order valence-electron chi connectivity index (χ2n) is 4.43. The molecule has 1 saturated carbocycles. The van der Waals surface area contributed by atoms with Crippen molar-refractivity contribution in [2.45, 2.75) is 58.2 Å². The van der Waals surface area contributed by atoms with Crippen molar-refractivity contribution in [2.75, 3.05) is 0 Å². The fourth-order valence-corrected chi connectivity index (χ4v) is 1.88. The van der Waals surface area contributed by atoms with Crippen molar-refractivity contribution in [3.63, 3.8) is 0 Å². The van der Waals surface area contributed by atoms with Gasteiger partial charge >= 0.3 is 0 Å². The molecule has 0 spiro atoms. The van der Waals surface area contributed by atoms with Crippen molar-refractivity contribution in [1.82, 2.24) is 5.32 Å². The highest BCUT2D eigenvalue weighted by atomic mass is 15.0. The van der Waals surface area contributed by atoms with E-state index in [1.165, 1.54) is 19.3 Å². The zero-order valence-electron chi connectivity index (χ0n) is 8.51. The molecule has 1 aliphatic carbocycles. The van der Waals surface area contributed by atoms with Crippen LogP contribution in [0.3, 0.4) is 0 Å². The van der Waals surface area contributed by atoms with Gasteiger partial charge in [0.1, 0.15) is 0 Å². The lowest BCUT2D eigenvalue weighted by Crippen LogP contribution is -2.45. The average molecular weight is 170 g/mol. The van der Waals surface area contributed by atoms with Gasteiger partial charge in [0, 0.05) is 18.1 Å².